The standard InChI is InChI=1S/C27H25BrN2O5/c1-16(12-25(31)30-24-13-17(28)10-11-22(24)26(32)33)14-29-27(34)35-15-23-20-8-4-2-6-18(20)19-7-3-5-9-21(19)23/h2-11,13,16,23H,12,14-15H2,1H3,(H,29,34)(H,30,31)(H,32,33). The van der Waals surface area contributed by atoms with Crippen LogP contribution in [0.1, 0.15) is 40.7 Å². The molecule has 0 heterocycles. The Kier molecular flexibility index (Phi) is 7.51. The van der Waals surface area contributed by atoms with E-state index in [0.29, 0.717) is 4.47 Å². The molecule has 3 N–H and O–H groups in total. The lowest BCUT2D eigenvalue weighted by Crippen LogP contribution is -2.31. The largest absolute Gasteiger partial charge is 0.478 e. The molecule has 0 fully saturated rings. The number of anilines is 1. The summed E-state index contributed by atoms with van der Waals surface area (Å²) in [7, 11) is 0. The molecule has 3 aromatic carbocycles. The van der Waals surface area contributed by atoms with E-state index in [4.69, 9.17) is 4.74 Å². The first-order valence-electron chi connectivity index (χ1n) is 11.2. The van der Waals surface area contributed by atoms with Crippen LogP contribution < -0.4 is 10.6 Å². The highest BCUT2D eigenvalue weighted by Gasteiger charge is 2.29. The van der Waals surface area contributed by atoms with Gasteiger partial charge in [0.25, 0.3) is 0 Å². The maximum absolute atomic E-state index is 12.4. The predicted molar refractivity (Wildman–Crippen MR) is 137 cm³/mol. The van der Waals surface area contributed by atoms with Crippen LogP contribution in [-0.2, 0) is 9.53 Å². The molecule has 0 spiro atoms. The van der Waals surface area contributed by atoms with Crippen LogP contribution >= 0.6 is 15.9 Å². The van der Waals surface area contributed by atoms with Gasteiger partial charge in [0, 0.05) is 23.4 Å². The molecule has 3 aromatic rings. The smallest absolute Gasteiger partial charge is 0.407 e. The molecule has 2 amide bonds. The van der Waals surface area contributed by atoms with Crippen molar-refractivity contribution in [3.8, 4) is 11.1 Å². The minimum Gasteiger partial charge on any atom is -0.478 e. The van der Waals surface area contributed by atoms with E-state index in [1.54, 1.807) is 12.1 Å². The van der Waals surface area contributed by atoms with Crippen LogP contribution in [0.25, 0.3) is 11.1 Å². The van der Waals surface area contributed by atoms with Gasteiger partial charge in [0.1, 0.15) is 6.61 Å². The highest BCUT2D eigenvalue weighted by molar-refractivity contribution is 9.10. The van der Waals surface area contributed by atoms with Crippen molar-refractivity contribution in [2.75, 3.05) is 18.5 Å². The fraction of sp³-hybridized carbons (Fsp3) is 0.222. The monoisotopic (exact) mass is 536 g/mol. The summed E-state index contributed by atoms with van der Waals surface area (Å²) in [5.41, 5.74) is 4.82. The zero-order valence-electron chi connectivity index (χ0n) is 19.1. The van der Waals surface area contributed by atoms with Gasteiger partial charge in [-0.1, -0.05) is 71.4 Å². The second-order valence-corrected chi connectivity index (χ2v) is 9.47. The third-order valence-corrected chi connectivity index (χ3v) is 6.45. The molecule has 4 rings (SSSR count). The zero-order chi connectivity index (χ0) is 24.9. The van der Waals surface area contributed by atoms with Gasteiger partial charge in [0.15, 0.2) is 0 Å². The van der Waals surface area contributed by atoms with E-state index < -0.39 is 12.1 Å². The van der Waals surface area contributed by atoms with E-state index in [0.717, 1.165) is 22.3 Å². The molecule has 7 nitrogen and oxygen atoms in total. The number of carbonyl (C=O) groups excluding carboxylic acids is 2. The summed E-state index contributed by atoms with van der Waals surface area (Å²) in [6, 6.07) is 20.8. The number of hydrogen-bond donors (Lipinski definition) is 3. The Morgan fingerprint density at radius 3 is 2.26 bits per heavy atom. The Balaban J connectivity index is 1.27. The summed E-state index contributed by atoms with van der Waals surface area (Å²) in [6.45, 7) is 2.28. The van der Waals surface area contributed by atoms with Crippen LogP contribution in [0.5, 0.6) is 0 Å². The average Bonchev–Trinajstić information content (AvgIpc) is 3.15. The summed E-state index contributed by atoms with van der Waals surface area (Å²) < 4.78 is 6.18. The molecular formula is C27H25BrN2O5. The number of aromatic carboxylic acids is 1. The molecule has 0 bridgehead atoms. The number of carboxylic acids is 1. The number of ether oxygens (including phenoxy) is 1. The van der Waals surface area contributed by atoms with Crippen molar-refractivity contribution in [2.45, 2.75) is 19.3 Å². The van der Waals surface area contributed by atoms with Crippen molar-refractivity contribution >= 4 is 39.6 Å². The van der Waals surface area contributed by atoms with E-state index in [2.05, 4.69) is 50.8 Å². The van der Waals surface area contributed by atoms with Crippen molar-refractivity contribution in [1.82, 2.24) is 5.32 Å². The summed E-state index contributed by atoms with van der Waals surface area (Å²) in [4.78, 5) is 36.2. The Morgan fingerprint density at radius 2 is 1.63 bits per heavy atom. The normalized spacial score (nSPS) is 12.9. The zero-order valence-corrected chi connectivity index (χ0v) is 20.7. The lowest BCUT2D eigenvalue weighted by atomic mass is 9.98. The highest BCUT2D eigenvalue weighted by atomic mass is 79.9. The lowest BCUT2D eigenvalue weighted by molar-refractivity contribution is -0.116. The lowest BCUT2D eigenvalue weighted by Gasteiger charge is -2.16. The fourth-order valence-corrected chi connectivity index (χ4v) is 4.66. The molecule has 0 saturated heterocycles. The molecule has 1 unspecified atom stereocenters. The molecule has 0 radical (unpaired) electrons. The Morgan fingerprint density at radius 1 is 1.00 bits per heavy atom. The molecule has 0 aromatic heterocycles. The van der Waals surface area contributed by atoms with Gasteiger partial charge in [-0.25, -0.2) is 9.59 Å². The third kappa shape index (κ3) is 5.71. The van der Waals surface area contributed by atoms with Gasteiger partial charge in [-0.2, -0.15) is 0 Å². The summed E-state index contributed by atoms with van der Waals surface area (Å²) in [5, 5.41) is 14.7. The van der Waals surface area contributed by atoms with Crippen LogP contribution in [0, 0.1) is 5.92 Å². The number of nitrogens with one attached hydrogen (secondary N) is 2. The average molecular weight is 537 g/mol. The van der Waals surface area contributed by atoms with Crippen LogP contribution in [0.3, 0.4) is 0 Å². The minimum absolute atomic E-state index is 0.00552. The molecule has 35 heavy (non-hydrogen) atoms. The molecule has 1 aliphatic rings. The van der Waals surface area contributed by atoms with Gasteiger partial charge in [-0.3, -0.25) is 4.79 Å². The van der Waals surface area contributed by atoms with Gasteiger partial charge >= 0.3 is 12.1 Å². The Bertz CT molecular complexity index is 1230. The first-order valence-corrected chi connectivity index (χ1v) is 12.0. The summed E-state index contributed by atoms with van der Waals surface area (Å²) in [6.07, 6.45) is -0.436. The minimum atomic E-state index is -1.13. The van der Waals surface area contributed by atoms with Gasteiger partial charge < -0.3 is 20.5 Å². The first-order chi connectivity index (χ1) is 16.8. The number of hydrogen-bond acceptors (Lipinski definition) is 4. The maximum atomic E-state index is 12.4. The first kappa shape index (κ1) is 24.5. The number of halogens is 1. The third-order valence-electron chi connectivity index (χ3n) is 5.96. The molecule has 0 aliphatic heterocycles. The van der Waals surface area contributed by atoms with Crippen LogP contribution in [0.4, 0.5) is 10.5 Å². The summed E-state index contributed by atoms with van der Waals surface area (Å²) in [5.74, 6) is -1.67. The highest BCUT2D eigenvalue weighted by Crippen LogP contribution is 2.44. The van der Waals surface area contributed by atoms with Crippen LogP contribution in [0.15, 0.2) is 71.2 Å². The predicted octanol–water partition coefficient (Wildman–Crippen LogP) is 5.65. The van der Waals surface area contributed by atoms with E-state index in [1.807, 2.05) is 31.2 Å². The second kappa shape index (κ2) is 10.7. The quantitative estimate of drug-likeness (QED) is 0.345. The number of alkyl carbamates (subject to hydrolysis) is 1. The number of carboxylic acid groups (broad SMARTS) is 1. The van der Waals surface area contributed by atoms with E-state index in [-0.39, 0.29) is 48.6 Å². The molecule has 180 valence electrons. The van der Waals surface area contributed by atoms with E-state index in [1.165, 1.54) is 6.07 Å². The van der Waals surface area contributed by atoms with Gasteiger partial charge in [-0.15, -0.1) is 0 Å². The van der Waals surface area contributed by atoms with Crippen molar-refractivity contribution < 1.29 is 24.2 Å². The van der Waals surface area contributed by atoms with Crippen molar-refractivity contribution in [3.63, 3.8) is 0 Å². The molecule has 8 heteroatoms. The van der Waals surface area contributed by atoms with Crippen molar-refractivity contribution in [3.05, 3.63) is 87.9 Å². The SMILES string of the molecule is CC(CNC(=O)OCC1c2ccccc2-c2ccccc21)CC(=O)Nc1cc(Br)ccc1C(=O)O. The number of rotatable bonds is 8. The number of amides is 2. The Hall–Kier alpha value is -3.65. The number of carbonyl (C=O) groups is 3. The number of benzene rings is 3. The van der Waals surface area contributed by atoms with Crippen molar-refractivity contribution in [1.29, 1.82) is 0 Å². The molecule has 1 aliphatic carbocycles. The van der Waals surface area contributed by atoms with E-state index in [9.17, 15) is 19.5 Å². The van der Waals surface area contributed by atoms with Crippen LogP contribution in [0.2, 0.25) is 0 Å². The van der Waals surface area contributed by atoms with E-state index >= 15 is 0 Å². The Labute approximate surface area is 211 Å². The van der Waals surface area contributed by atoms with Crippen molar-refractivity contribution in [2.24, 2.45) is 5.92 Å². The molecule has 0 saturated carbocycles. The molecule has 1 atom stereocenters. The van der Waals surface area contributed by atoms with Gasteiger partial charge in [0.05, 0.1) is 11.3 Å². The topological polar surface area (TPSA) is 105 Å². The fourth-order valence-electron chi connectivity index (χ4n) is 4.30. The van der Waals surface area contributed by atoms with Gasteiger partial charge in [-0.05, 0) is 46.4 Å². The number of fused-ring (bicyclic) bond motifs is 3. The maximum Gasteiger partial charge on any atom is 0.407 e. The second-order valence-electron chi connectivity index (χ2n) is 8.56. The summed E-state index contributed by atoms with van der Waals surface area (Å²) >= 11 is 3.28. The van der Waals surface area contributed by atoms with Crippen LogP contribution in [-0.4, -0.2) is 36.2 Å². The molecular weight excluding hydrogens is 512 g/mol. The van der Waals surface area contributed by atoms with Gasteiger partial charge in [0.2, 0.25) is 5.91 Å².